The average Bonchev–Trinajstić information content (AvgIpc) is 2.72. The molecular weight excluding hydrogens is 236 g/mol. The maximum absolute atomic E-state index is 11.9. The van der Waals surface area contributed by atoms with Crippen LogP contribution in [-0.4, -0.2) is 17.4 Å². The Morgan fingerprint density at radius 2 is 2.16 bits per heavy atom. The van der Waals surface area contributed by atoms with Gasteiger partial charge in [0, 0.05) is 25.2 Å². The third-order valence-electron chi connectivity index (χ3n) is 3.46. The van der Waals surface area contributed by atoms with Gasteiger partial charge in [0.2, 0.25) is 5.91 Å². The van der Waals surface area contributed by atoms with Crippen molar-refractivity contribution in [2.45, 2.75) is 46.7 Å². The van der Waals surface area contributed by atoms with E-state index in [1.165, 1.54) is 17.5 Å². The number of amides is 1. The summed E-state index contributed by atoms with van der Waals surface area (Å²) in [6, 6.07) is 6.23. The van der Waals surface area contributed by atoms with Crippen LogP contribution < -0.4 is 5.32 Å². The van der Waals surface area contributed by atoms with Crippen molar-refractivity contribution in [3.63, 3.8) is 0 Å². The molecule has 104 valence electrons. The first-order valence-electron chi connectivity index (χ1n) is 7.23. The zero-order chi connectivity index (χ0) is 13.8. The summed E-state index contributed by atoms with van der Waals surface area (Å²) in [4.78, 5) is 14.3. The number of nitrogens with zero attached hydrogens (tertiary/aromatic N) is 1. The Morgan fingerprint density at radius 3 is 2.84 bits per heavy atom. The third-order valence-corrected chi connectivity index (χ3v) is 3.46. The summed E-state index contributed by atoms with van der Waals surface area (Å²) in [6.07, 6.45) is 1.76. The van der Waals surface area contributed by atoms with E-state index >= 15 is 0 Å². The topological polar surface area (TPSA) is 32.3 Å². The first-order chi connectivity index (χ1) is 9.10. The normalized spacial score (nSPS) is 14.7. The summed E-state index contributed by atoms with van der Waals surface area (Å²) in [5.74, 6) is 0.519. The molecule has 0 bridgehead atoms. The maximum atomic E-state index is 11.9. The van der Waals surface area contributed by atoms with E-state index < -0.39 is 0 Å². The Balaban J connectivity index is 2.08. The molecule has 0 unspecified atom stereocenters. The molecule has 1 aromatic rings. The lowest BCUT2D eigenvalue weighted by Gasteiger charge is -2.13. The summed E-state index contributed by atoms with van der Waals surface area (Å²) >= 11 is 0. The minimum absolute atomic E-state index is 0.123. The number of carbonyl (C=O) groups excluding carboxylic acids is 1. The Morgan fingerprint density at radius 1 is 1.37 bits per heavy atom. The van der Waals surface area contributed by atoms with Gasteiger partial charge in [-0.05, 0) is 36.1 Å². The number of hydrogen-bond acceptors (Lipinski definition) is 2. The number of rotatable bonds is 5. The minimum Gasteiger partial charge on any atom is -0.326 e. The van der Waals surface area contributed by atoms with E-state index in [2.05, 4.69) is 37.1 Å². The Labute approximate surface area is 116 Å². The van der Waals surface area contributed by atoms with Crippen LogP contribution in [0.25, 0.3) is 0 Å². The van der Waals surface area contributed by atoms with Crippen molar-refractivity contribution < 1.29 is 4.79 Å². The fourth-order valence-corrected chi connectivity index (χ4v) is 2.65. The molecule has 1 heterocycles. The summed E-state index contributed by atoms with van der Waals surface area (Å²) in [5, 5.41) is 3.07. The van der Waals surface area contributed by atoms with E-state index in [4.69, 9.17) is 0 Å². The van der Waals surface area contributed by atoms with Crippen molar-refractivity contribution in [2.24, 2.45) is 5.92 Å². The highest BCUT2D eigenvalue weighted by Gasteiger charge is 2.21. The number of anilines is 1. The summed E-state index contributed by atoms with van der Waals surface area (Å²) in [6.45, 7) is 9.43. The van der Waals surface area contributed by atoms with E-state index in [1.54, 1.807) is 0 Å². The molecule has 1 N–H and O–H groups in total. The lowest BCUT2D eigenvalue weighted by Crippen LogP contribution is -2.18. The molecule has 0 spiro atoms. The second-order valence-corrected chi connectivity index (χ2v) is 5.80. The van der Waals surface area contributed by atoms with Crippen LogP contribution in [-0.2, 0) is 17.9 Å². The van der Waals surface area contributed by atoms with Crippen molar-refractivity contribution in [1.82, 2.24) is 4.90 Å². The Kier molecular flexibility index (Phi) is 4.59. The smallest absolute Gasteiger partial charge is 0.224 e. The quantitative estimate of drug-likeness (QED) is 0.880. The standard InChI is InChI=1S/C16H24N2O/c1-4-8-18-10-13-6-5-7-15(14(13)11-18)17-16(19)9-12(2)3/h5-7,12H,4,8-11H2,1-3H3,(H,17,19). The molecule has 3 nitrogen and oxygen atoms in total. The fourth-order valence-electron chi connectivity index (χ4n) is 2.65. The summed E-state index contributed by atoms with van der Waals surface area (Å²) in [5.41, 5.74) is 3.66. The van der Waals surface area contributed by atoms with E-state index in [0.29, 0.717) is 12.3 Å². The SMILES string of the molecule is CCCN1Cc2cccc(NC(=O)CC(C)C)c2C1. The molecule has 0 saturated carbocycles. The highest BCUT2D eigenvalue weighted by Crippen LogP contribution is 2.29. The molecule has 0 radical (unpaired) electrons. The van der Waals surface area contributed by atoms with Gasteiger partial charge in [-0.2, -0.15) is 0 Å². The molecule has 1 aliphatic heterocycles. The molecule has 2 rings (SSSR count). The Hall–Kier alpha value is -1.35. The highest BCUT2D eigenvalue weighted by atomic mass is 16.1. The predicted molar refractivity (Wildman–Crippen MR) is 78.9 cm³/mol. The van der Waals surface area contributed by atoms with Crippen LogP contribution in [0, 0.1) is 5.92 Å². The number of hydrogen-bond donors (Lipinski definition) is 1. The third kappa shape index (κ3) is 3.57. The molecule has 0 atom stereocenters. The van der Waals surface area contributed by atoms with E-state index in [1.807, 2.05) is 12.1 Å². The number of nitrogens with one attached hydrogen (secondary N) is 1. The van der Waals surface area contributed by atoms with Crippen molar-refractivity contribution >= 4 is 11.6 Å². The van der Waals surface area contributed by atoms with Crippen LogP contribution in [0.15, 0.2) is 18.2 Å². The first-order valence-corrected chi connectivity index (χ1v) is 7.23. The molecule has 0 aliphatic carbocycles. The van der Waals surface area contributed by atoms with Crippen molar-refractivity contribution in [3.05, 3.63) is 29.3 Å². The van der Waals surface area contributed by atoms with Gasteiger partial charge in [-0.15, -0.1) is 0 Å². The van der Waals surface area contributed by atoms with Gasteiger partial charge in [0.05, 0.1) is 0 Å². The molecule has 0 fully saturated rings. The van der Waals surface area contributed by atoms with Gasteiger partial charge >= 0.3 is 0 Å². The van der Waals surface area contributed by atoms with Gasteiger partial charge < -0.3 is 5.32 Å². The van der Waals surface area contributed by atoms with Gasteiger partial charge in [0.1, 0.15) is 0 Å². The molecule has 0 aromatic heterocycles. The minimum atomic E-state index is 0.123. The molecule has 1 amide bonds. The number of carbonyl (C=O) groups is 1. The largest absolute Gasteiger partial charge is 0.326 e. The van der Waals surface area contributed by atoms with E-state index in [9.17, 15) is 4.79 Å². The van der Waals surface area contributed by atoms with Crippen molar-refractivity contribution in [3.8, 4) is 0 Å². The van der Waals surface area contributed by atoms with E-state index in [-0.39, 0.29) is 5.91 Å². The second-order valence-electron chi connectivity index (χ2n) is 5.80. The highest BCUT2D eigenvalue weighted by molar-refractivity contribution is 5.91. The van der Waals surface area contributed by atoms with Gasteiger partial charge in [0.15, 0.2) is 0 Å². The maximum Gasteiger partial charge on any atom is 0.224 e. The monoisotopic (exact) mass is 260 g/mol. The van der Waals surface area contributed by atoms with E-state index in [0.717, 1.165) is 25.3 Å². The molecular formula is C16H24N2O. The average molecular weight is 260 g/mol. The molecule has 0 saturated heterocycles. The second kappa shape index (κ2) is 6.20. The molecule has 3 heteroatoms. The van der Waals surface area contributed by atoms with Crippen LogP contribution in [0.2, 0.25) is 0 Å². The number of fused-ring (bicyclic) bond motifs is 1. The van der Waals surface area contributed by atoms with Crippen LogP contribution in [0.4, 0.5) is 5.69 Å². The molecule has 1 aromatic carbocycles. The fraction of sp³-hybridized carbons (Fsp3) is 0.562. The van der Waals surface area contributed by atoms with Crippen molar-refractivity contribution in [2.75, 3.05) is 11.9 Å². The Bertz CT molecular complexity index is 454. The predicted octanol–water partition coefficient (Wildman–Crippen LogP) is 3.40. The summed E-state index contributed by atoms with van der Waals surface area (Å²) < 4.78 is 0. The number of benzene rings is 1. The zero-order valence-electron chi connectivity index (χ0n) is 12.2. The van der Waals surface area contributed by atoms with Gasteiger partial charge in [-0.25, -0.2) is 0 Å². The lowest BCUT2D eigenvalue weighted by molar-refractivity contribution is -0.116. The van der Waals surface area contributed by atoms with Crippen LogP contribution in [0.5, 0.6) is 0 Å². The molecule has 1 aliphatic rings. The lowest BCUT2D eigenvalue weighted by atomic mass is 10.1. The van der Waals surface area contributed by atoms with Gasteiger partial charge in [0.25, 0.3) is 0 Å². The van der Waals surface area contributed by atoms with Gasteiger partial charge in [-0.1, -0.05) is 32.9 Å². The molecule has 19 heavy (non-hydrogen) atoms. The first kappa shape index (κ1) is 14.1. The van der Waals surface area contributed by atoms with Crippen molar-refractivity contribution in [1.29, 1.82) is 0 Å². The van der Waals surface area contributed by atoms with Crippen LogP contribution in [0.3, 0.4) is 0 Å². The van der Waals surface area contributed by atoms with Crippen LogP contribution >= 0.6 is 0 Å². The van der Waals surface area contributed by atoms with Gasteiger partial charge in [-0.3, -0.25) is 9.69 Å². The van der Waals surface area contributed by atoms with Crippen LogP contribution in [0.1, 0.15) is 44.7 Å². The summed E-state index contributed by atoms with van der Waals surface area (Å²) in [7, 11) is 0. The zero-order valence-corrected chi connectivity index (χ0v) is 12.2.